The fourth-order valence-electron chi connectivity index (χ4n) is 1.98. The Morgan fingerprint density at radius 1 is 1.68 bits per heavy atom. The number of ether oxygens (including phenoxy) is 1. The first-order chi connectivity index (χ1) is 9.13. The van der Waals surface area contributed by atoms with Crippen molar-refractivity contribution in [1.82, 2.24) is 5.32 Å². The zero-order valence-corrected chi connectivity index (χ0v) is 12.3. The van der Waals surface area contributed by atoms with E-state index in [0.717, 1.165) is 11.3 Å². The third-order valence-electron chi connectivity index (χ3n) is 3.05. The van der Waals surface area contributed by atoms with Crippen LogP contribution < -0.4 is 15.8 Å². The van der Waals surface area contributed by atoms with Crippen LogP contribution in [0.1, 0.15) is 18.0 Å². The van der Waals surface area contributed by atoms with Crippen LogP contribution in [0.4, 0.5) is 0 Å². The lowest BCUT2D eigenvalue weighted by Gasteiger charge is -2.16. The summed E-state index contributed by atoms with van der Waals surface area (Å²) in [6.45, 7) is 0.403. The zero-order valence-electron chi connectivity index (χ0n) is 10.7. The van der Waals surface area contributed by atoms with Gasteiger partial charge in [-0.1, -0.05) is 23.7 Å². The minimum absolute atomic E-state index is 0.143. The van der Waals surface area contributed by atoms with Gasteiger partial charge in [-0.05, 0) is 24.5 Å². The Morgan fingerprint density at radius 2 is 2.47 bits per heavy atom. The Labute approximate surface area is 122 Å². The number of hydrogen-bond acceptors (Lipinski definition) is 4. The highest BCUT2D eigenvalue weighted by molar-refractivity contribution is 7.98. The molecular formula is C13H17ClN2O2S. The van der Waals surface area contributed by atoms with Gasteiger partial charge < -0.3 is 15.8 Å². The molecule has 3 N–H and O–H groups in total. The molecule has 1 unspecified atom stereocenters. The topological polar surface area (TPSA) is 64.4 Å². The van der Waals surface area contributed by atoms with Crippen molar-refractivity contribution in [3.8, 4) is 5.75 Å². The standard InChI is InChI=1S/C13H17ClN2O2S/c1-19-6-5-10(15)13(17)16-11-7-18-12-8(11)3-2-4-9(12)14/h2-4,10-11H,5-7,15H2,1H3,(H,16,17)/t10-,11?/m0/s1. The molecule has 0 saturated heterocycles. The molecule has 1 aliphatic heterocycles. The van der Waals surface area contributed by atoms with Crippen molar-refractivity contribution in [1.29, 1.82) is 0 Å². The van der Waals surface area contributed by atoms with Gasteiger partial charge in [0.1, 0.15) is 12.4 Å². The number of halogens is 1. The average molecular weight is 301 g/mol. The van der Waals surface area contributed by atoms with E-state index in [0.29, 0.717) is 23.8 Å². The number of fused-ring (bicyclic) bond motifs is 1. The van der Waals surface area contributed by atoms with E-state index in [2.05, 4.69) is 5.32 Å². The molecule has 0 aromatic heterocycles. The minimum Gasteiger partial charge on any atom is -0.489 e. The fraction of sp³-hybridized carbons (Fsp3) is 0.462. The van der Waals surface area contributed by atoms with Crippen molar-refractivity contribution in [2.45, 2.75) is 18.5 Å². The first-order valence-corrected chi connectivity index (χ1v) is 7.86. The van der Waals surface area contributed by atoms with Crippen LogP contribution in [0.2, 0.25) is 5.02 Å². The van der Waals surface area contributed by atoms with E-state index in [1.165, 1.54) is 0 Å². The lowest BCUT2D eigenvalue weighted by atomic mass is 10.1. The van der Waals surface area contributed by atoms with Gasteiger partial charge in [0.25, 0.3) is 0 Å². The lowest BCUT2D eigenvalue weighted by molar-refractivity contribution is -0.123. The van der Waals surface area contributed by atoms with Crippen LogP contribution in [0.25, 0.3) is 0 Å². The van der Waals surface area contributed by atoms with Crippen LogP contribution in [-0.4, -0.2) is 30.6 Å². The molecular weight excluding hydrogens is 284 g/mol. The van der Waals surface area contributed by atoms with Gasteiger partial charge in [-0.2, -0.15) is 11.8 Å². The molecule has 1 aromatic rings. The quantitative estimate of drug-likeness (QED) is 0.872. The van der Waals surface area contributed by atoms with E-state index in [-0.39, 0.29) is 11.9 Å². The Bertz CT molecular complexity index is 470. The van der Waals surface area contributed by atoms with Gasteiger partial charge in [-0.15, -0.1) is 0 Å². The summed E-state index contributed by atoms with van der Waals surface area (Å²) >= 11 is 7.72. The molecule has 19 heavy (non-hydrogen) atoms. The largest absolute Gasteiger partial charge is 0.489 e. The first kappa shape index (κ1) is 14.5. The van der Waals surface area contributed by atoms with Crippen LogP contribution in [0.15, 0.2) is 18.2 Å². The molecule has 1 heterocycles. The lowest BCUT2D eigenvalue weighted by Crippen LogP contribution is -2.42. The highest BCUT2D eigenvalue weighted by Crippen LogP contribution is 2.37. The Balaban J connectivity index is 1.99. The van der Waals surface area contributed by atoms with Gasteiger partial charge in [0.2, 0.25) is 5.91 Å². The molecule has 4 nitrogen and oxygen atoms in total. The second-order valence-corrected chi connectivity index (χ2v) is 5.81. The molecule has 1 aromatic carbocycles. The maximum Gasteiger partial charge on any atom is 0.237 e. The summed E-state index contributed by atoms with van der Waals surface area (Å²) in [6.07, 6.45) is 2.66. The number of thioether (sulfide) groups is 1. The van der Waals surface area contributed by atoms with Crippen LogP contribution in [0.3, 0.4) is 0 Å². The summed E-state index contributed by atoms with van der Waals surface area (Å²) in [6, 6.07) is 4.89. The van der Waals surface area contributed by atoms with Crippen molar-refractivity contribution >= 4 is 29.3 Å². The van der Waals surface area contributed by atoms with Gasteiger partial charge >= 0.3 is 0 Å². The zero-order chi connectivity index (χ0) is 13.8. The summed E-state index contributed by atoms with van der Waals surface area (Å²) in [4.78, 5) is 12.0. The molecule has 0 fully saturated rings. The first-order valence-electron chi connectivity index (χ1n) is 6.09. The summed E-state index contributed by atoms with van der Waals surface area (Å²) in [5, 5.41) is 3.48. The maximum atomic E-state index is 12.0. The fourth-order valence-corrected chi connectivity index (χ4v) is 2.71. The Morgan fingerprint density at radius 3 is 3.21 bits per heavy atom. The number of carbonyl (C=O) groups is 1. The molecule has 104 valence electrons. The summed E-state index contributed by atoms with van der Waals surface area (Å²) in [5.41, 5.74) is 6.75. The number of carbonyl (C=O) groups excluding carboxylic acids is 1. The Kier molecular flexibility index (Phi) is 4.96. The molecule has 0 saturated carbocycles. The summed E-state index contributed by atoms with van der Waals surface area (Å²) in [7, 11) is 0. The number of nitrogens with two attached hydrogens (primary N) is 1. The monoisotopic (exact) mass is 300 g/mol. The van der Waals surface area contributed by atoms with E-state index in [4.69, 9.17) is 22.1 Å². The van der Waals surface area contributed by atoms with Crippen LogP contribution in [0.5, 0.6) is 5.75 Å². The maximum absolute atomic E-state index is 12.0. The van der Waals surface area contributed by atoms with Gasteiger partial charge in [-0.3, -0.25) is 4.79 Å². The van der Waals surface area contributed by atoms with E-state index < -0.39 is 6.04 Å². The predicted octanol–water partition coefficient (Wildman–Crippen LogP) is 1.97. The van der Waals surface area contributed by atoms with E-state index in [1.807, 2.05) is 18.4 Å². The van der Waals surface area contributed by atoms with Crippen molar-refractivity contribution < 1.29 is 9.53 Å². The average Bonchev–Trinajstić information content (AvgIpc) is 2.80. The van der Waals surface area contributed by atoms with Gasteiger partial charge in [-0.25, -0.2) is 0 Å². The molecule has 0 radical (unpaired) electrons. The van der Waals surface area contributed by atoms with E-state index in [9.17, 15) is 4.79 Å². The number of rotatable bonds is 5. The number of para-hydroxylation sites is 1. The smallest absolute Gasteiger partial charge is 0.237 e. The third kappa shape index (κ3) is 3.35. The summed E-state index contributed by atoms with van der Waals surface area (Å²) in [5.74, 6) is 1.39. The molecule has 0 spiro atoms. The van der Waals surface area contributed by atoms with Crippen LogP contribution in [0, 0.1) is 0 Å². The van der Waals surface area contributed by atoms with Gasteiger partial charge in [0.15, 0.2) is 0 Å². The predicted molar refractivity (Wildman–Crippen MR) is 78.8 cm³/mol. The van der Waals surface area contributed by atoms with Crippen molar-refractivity contribution in [2.24, 2.45) is 5.73 Å². The number of hydrogen-bond donors (Lipinski definition) is 2. The second-order valence-electron chi connectivity index (χ2n) is 4.42. The van der Waals surface area contributed by atoms with Crippen molar-refractivity contribution in [2.75, 3.05) is 18.6 Å². The number of amides is 1. The molecule has 2 rings (SSSR count). The molecule has 1 aliphatic rings. The van der Waals surface area contributed by atoms with Crippen molar-refractivity contribution in [3.63, 3.8) is 0 Å². The summed E-state index contributed by atoms with van der Waals surface area (Å²) < 4.78 is 5.51. The van der Waals surface area contributed by atoms with E-state index in [1.54, 1.807) is 17.8 Å². The van der Waals surface area contributed by atoms with Gasteiger partial charge in [0, 0.05) is 5.56 Å². The molecule has 0 bridgehead atoms. The normalized spacial score (nSPS) is 18.6. The molecule has 2 atom stereocenters. The molecule has 6 heteroatoms. The van der Waals surface area contributed by atoms with Crippen molar-refractivity contribution in [3.05, 3.63) is 28.8 Å². The molecule has 1 amide bonds. The Hall–Kier alpha value is -0.910. The molecule has 0 aliphatic carbocycles. The highest BCUT2D eigenvalue weighted by atomic mass is 35.5. The number of nitrogens with one attached hydrogen (secondary N) is 1. The SMILES string of the molecule is CSCC[C@H](N)C(=O)NC1COc2c(Cl)cccc21. The van der Waals surface area contributed by atoms with Gasteiger partial charge in [0.05, 0.1) is 17.1 Å². The van der Waals surface area contributed by atoms with Crippen LogP contribution >= 0.6 is 23.4 Å². The van der Waals surface area contributed by atoms with Crippen LogP contribution in [-0.2, 0) is 4.79 Å². The highest BCUT2D eigenvalue weighted by Gasteiger charge is 2.28. The van der Waals surface area contributed by atoms with E-state index >= 15 is 0 Å². The number of benzene rings is 1. The minimum atomic E-state index is -0.476. The third-order valence-corrected chi connectivity index (χ3v) is 4.00. The second kappa shape index (κ2) is 6.50.